The number of benzene rings is 6. The number of hydrogen-bond donors (Lipinski definition) is 0. The van der Waals surface area contributed by atoms with Crippen molar-refractivity contribution in [2.45, 2.75) is 0 Å². The molecule has 0 radical (unpaired) electrons. The average molecular weight is 589 g/mol. The smallest absolute Gasteiger partial charge is 0.181 e. The molecule has 9 rings (SSSR count). The van der Waals surface area contributed by atoms with Crippen LogP contribution in [0.4, 0.5) is 0 Å². The van der Waals surface area contributed by atoms with Crippen LogP contribution in [0.3, 0.4) is 0 Å². The van der Waals surface area contributed by atoms with Crippen molar-refractivity contribution >= 4 is 43.4 Å². The van der Waals surface area contributed by atoms with Crippen LogP contribution >= 0.6 is 0 Å². The molecule has 0 aliphatic heterocycles. The molecule has 0 atom stereocenters. The van der Waals surface area contributed by atoms with Crippen LogP contribution in [0.1, 0.15) is 0 Å². The molecule has 0 aliphatic rings. The van der Waals surface area contributed by atoms with Crippen LogP contribution in [-0.4, -0.2) is 30.1 Å². The fourth-order valence-corrected chi connectivity index (χ4v) is 6.16. The van der Waals surface area contributed by atoms with Gasteiger partial charge in [-0.05, 0) is 35.0 Å². The summed E-state index contributed by atoms with van der Waals surface area (Å²) in [4.78, 5) is 20.2. The van der Waals surface area contributed by atoms with Gasteiger partial charge in [-0.25, -0.2) is 19.9 Å². The van der Waals surface area contributed by atoms with Gasteiger partial charge in [0.2, 0.25) is 0 Å². The molecule has 0 N–H and O–H groups in total. The second kappa shape index (κ2) is 10.6. The van der Waals surface area contributed by atoms with Crippen molar-refractivity contribution in [2.75, 3.05) is 0 Å². The number of rotatable bonds is 4. The molecule has 6 heteroatoms. The van der Waals surface area contributed by atoms with E-state index < -0.39 is 0 Å². The second-order valence-electron chi connectivity index (χ2n) is 11.2. The van der Waals surface area contributed by atoms with Crippen LogP contribution < -0.4 is 0 Å². The Balaban J connectivity index is 1.22. The van der Waals surface area contributed by atoms with Gasteiger partial charge < -0.3 is 0 Å². The van der Waals surface area contributed by atoms with E-state index in [0.29, 0.717) is 23.0 Å². The van der Waals surface area contributed by atoms with Crippen LogP contribution in [0, 0.1) is 0 Å². The van der Waals surface area contributed by atoms with Crippen LogP contribution in [0.25, 0.3) is 88.9 Å². The van der Waals surface area contributed by atoms with Gasteiger partial charge in [0.1, 0.15) is 11.4 Å². The number of aromatic nitrogens is 6. The summed E-state index contributed by atoms with van der Waals surface area (Å²) in [5.41, 5.74) is 6.65. The van der Waals surface area contributed by atoms with Crippen molar-refractivity contribution in [2.24, 2.45) is 0 Å². The quantitative estimate of drug-likeness (QED) is 0.191. The monoisotopic (exact) mass is 588 g/mol. The molecule has 46 heavy (non-hydrogen) atoms. The van der Waals surface area contributed by atoms with Crippen LogP contribution in [0.5, 0.6) is 0 Å². The Bertz CT molecular complexity index is 2390. The summed E-state index contributed by atoms with van der Waals surface area (Å²) in [6.07, 6.45) is 0. The van der Waals surface area contributed by atoms with Gasteiger partial charge in [-0.2, -0.15) is 0 Å². The minimum Gasteiger partial charge on any atom is -0.226 e. The third kappa shape index (κ3) is 4.35. The van der Waals surface area contributed by atoms with E-state index in [1.807, 2.05) is 72.8 Å². The van der Waals surface area contributed by atoms with Gasteiger partial charge in [-0.3, -0.25) is 0 Å². The van der Waals surface area contributed by atoms with Gasteiger partial charge >= 0.3 is 0 Å². The third-order valence-corrected chi connectivity index (χ3v) is 8.40. The molecule has 0 saturated carbocycles. The largest absolute Gasteiger partial charge is 0.226 e. The molecular formula is C40H24N6. The Kier molecular flexibility index (Phi) is 6.03. The summed E-state index contributed by atoms with van der Waals surface area (Å²) in [5.74, 6) is 1.02. The van der Waals surface area contributed by atoms with E-state index in [4.69, 9.17) is 19.9 Å². The van der Waals surface area contributed by atoms with Gasteiger partial charge in [0.15, 0.2) is 11.6 Å². The van der Waals surface area contributed by atoms with Gasteiger partial charge in [0, 0.05) is 32.7 Å². The zero-order valence-corrected chi connectivity index (χ0v) is 24.5. The maximum Gasteiger partial charge on any atom is 0.181 e. The Morgan fingerprint density at radius 1 is 0.304 bits per heavy atom. The summed E-state index contributed by atoms with van der Waals surface area (Å²) in [5, 5.41) is 15.6. The fourth-order valence-electron chi connectivity index (χ4n) is 6.16. The second-order valence-corrected chi connectivity index (χ2v) is 11.2. The van der Waals surface area contributed by atoms with Crippen molar-refractivity contribution in [1.82, 2.24) is 30.1 Å². The summed E-state index contributed by atoms with van der Waals surface area (Å²) in [6, 6.07) is 49.2. The molecule has 6 aromatic carbocycles. The van der Waals surface area contributed by atoms with Crippen molar-refractivity contribution in [3.8, 4) is 45.6 Å². The molecule has 0 amide bonds. The fraction of sp³-hybridized carbons (Fsp3) is 0. The first kappa shape index (κ1) is 26.0. The number of fused-ring (bicyclic) bond motifs is 6. The molecular weight excluding hydrogens is 564 g/mol. The molecule has 0 spiro atoms. The lowest BCUT2D eigenvalue weighted by atomic mass is 10.0. The highest BCUT2D eigenvalue weighted by molar-refractivity contribution is 6.10. The molecule has 0 saturated heterocycles. The van der Waals surface area contributed by atoms with E-state index in [9.17, 15) is 0 Å². The van der Waals surface area contributed by atoms with Crippen molar-refractivity contribution in [1.29, 1.82) is 0 Å². The lowest BCUT2D eigenvalue weighted by Gasteiger charge is -2.12. The van der Waals surface area contributed by atoms with E-state index in [1.54, 1.807) is 0 Å². The molecule has 3 aromatic heterocycles. The molecule has 6 nitrogen and oxygen atoms in total. The average Bonchev–Trinajstić information content (AvgIpc) is 3.14. The SMILES string of the molecule is c1ccc(-c2nc(-c3ccc(-c4nc(-c5ccccc5)c5ccc6ccccc6c5n4)nn3)nc3c2ccc2ccccc23)cc1. The zero-order chi connectivity index (χ0) is 30.5. The first-order valence-electron chi connectivity index (χ1n) is 15.1. The molecule has 0 fully saturated rings. The molecule has 0 aliphatic carbocycles. The van der Waals surface area contributed by atoms with E-state index in [-0.39, 0.29) is 0 Å². The minimum atomic E-state index is 0.511. The van der Waals surface area contributed by atoms with Crippen molar-refractivity contribution in [3.05, 3.63) is 146 Å². The minimum absolute atomic E-state index is 0.511. The highest BCUT2D eigenvalue weighted by atomic mass is 15.1. The van der Waals surface area contributed by atoms with Gasteiger partial charge in [-0.15, -0.1) is 10.2 Å². The predicted octanol–water partition coefficient (Wildman–Crippen LogP) is 9.34. The Labute approximate surface area is 264 Å². The molecule has 9 aromatic rings. The highest BCUT2D eigenvalue weighted by Gasteiger charge is 2.17. The summed E-state index contributed by atoms with van der Waals surface area (Å²) >= 11 is 0. The topological polar surface area (TPSA) is 77.3 Å². The van der Waals surface area contributed by atoms with Crippen molar-refractivity contribution in [3.63, 3.8) is 0 Å². The van der Waals surface area contributed by atoms with Gasteiger partial charge in [-0.1, -0.05) is 121 Å². The molecule has 3 heterocycles. The summed E-state index contributed by atoms with van der Waals surface area (Å²) in [7, 11) is 0. The third-order valence-electron chi connectivity index (χ3n) is 8.40. The highest BCUT2D eigenvalue weighted by Crippen LogP contribution is 2.35. The van der Waals surface area contributed by atoms with Crippen LogP contribution in [0.2, 0.25) is 0 Å². The summed E-state index contributed by atoms with van der Waals surface area (Å²) < 4.78 is 0. The Hall–Kier alpha value is -6.40. The van der Waals surface area contributed by atoms with E-state index in [2.05, 4.69) is 83.0 Å². The van der Waals surface area contributed by atoms with Crippen LogP contribution in [0.15, 0.2) is 146 Å². The normalized spacial score (nSPS) is 11.5. The first-order chi connectivity index (χ1) is 22.8. The maximum atomic E-state index is 5.05. The van der Waals surface area contributed by atoms with E-state index in [0.717, 1.165) is 65.9 Å². The standard InChI is InChI=1S/C40H24N6/c1-3-13-27(14-4-1)35-31-21-19-25-11-7-9-17-29(25)37(31)43-39(41-35)33-23-24-34(46-45-33)40-42-36(28-15-5-2-6-16-28)32-22-20-26-12-8-10-18-30(26)38(32)44-40/h1-24H. The van der Waals surface area contributed by atoms with E-state index in [1.165, 1.54) is 0 Å². The maximum absolute atomic E-state index is 5.05. The molecule has 214 valence electrons. The van der Waals surface area contributed by atoms with Gasteiger partial charge in [0.25, 0.3) is 0 Å². The number of hydrogen-bond acceptors (Lipinski definition) is 6. The summed E-state index contributed by atoms with van der Waals surface area (Å²) in [6.45, 7) is 0. The number of nitrogens with zero attached hydrogens (tertiary/aromatic N) is 6. The Morgan fingerprint density at radius 3 is 1.15 bits per heavy atom. The van der Waals surface area contributed by atoms with Crippen molar-refractivity contribution < 1.29 is 0 Å². The zero-order valence-electron chi connectivity index (χ0n) is 24.5. The Morgan fingerprint density at radius 2 is 0.717 bits per heavy atom. The van der Waals surface area contributed by atoms with E-state index >= 15 is 0 Å². The lowest BCUT2D eigenvalue weighted by Crippen LogP contribution is -2.01. The molecule has 0 unspecified atom stereocenters. The first-order valence-corrected chi connectivity index (χ1v) is 15.1. The van der Waals surface area contributed by atoms with Crippen LogP contribution in [-0.2, 0) is 0 Å². The predicted molar refractivity (Wildman–Crippen MR) is 185 cm³/mol. The lowest BCUT2D eigenvalue weighted by molar-refractivity contribution is 1.01. The van der Waals surface area contributed by atoms with Gasteiger partial charge in [0.05, 0.1) is 22.4 Å². The molecule has 0 bridgehead atoms.